The molecule has 0 radical (unpaired) electrons. The van der Waals surface area contributed by atoms with Crippen LogP contribution in [0.2, 0.25) is 0 Å². The minimum Gasteiger partial charge on any atom is -0.754 e. The molecule has 0 saturated carbocycles. The van der Waals surface area contributed by atoms with E-state index in [0.717, 1.165) is 11.4 Å². The fraction of sp³-hybridized carbons (Fsp3) is 0.125. The van der Waals surface area contributed by atoms with Gasteiger partial charge in [-0.1, -0.05) is 30.0 Å². The Balaban J connectivity index is 2.53. The third kappa shape index (κ3) is 4.51. The molecular formula is C16H15N2O3S2-. The van der Waals surface area contributed by atoms with Crippen molar-refractivity contribution in [3.05, 3.63) is 60.2 Å². The Bertz CT molecular complexity index is 731. The average molecular weight is 347 g/mol. The number of para-hydroxylation sites is 1. The summed E-state index contributed by atoms with van der Waals surface area (Å²) in [7, 11) is 0. The Labute approximate surface area is 141 Å². The van der Waals surface area contributed by atoms with Gasteiger partial charge in [0.1, 0.15) is 0 Å². The predicted octanol–water partition coefficient (Wildman–Crippen LogP) is 3.54. The number of thioether (sulfide) groups is 1. The van der Waals surface area contributed by atoms with Gasteiger partial charge in [0, 0.05) is 16.9 Å². The van der Waals surface area contributed by atoms with E-state index in [1.165, 1.54) is 18.7 Å². The van der Waals surface area contributed by atoms with Crippen molar-refractivity contribution in [1.82, 2.24) is 0 Å². The van der Waals surface area contributed by atoms with E-state index in [1.807, 2.05) is 30.3 Å². The van der Waals surface area contributed by atoms with Crippen LogP contribution < -0.4 is 4.90 Å². The molecule has 0 aliphatic rings. The van der Waals surface area contributed by atoms with Crippen molar-refractivity contribution in [2.75, 3.05) is 11.2 Å². The Hall–Kier alpha value is -1.96. The van der Waals surface area contributed by atoms with Crippen LogP contribution >= 0.6 is 11.8 Å². The zero-order chi connectivity index (χ0) is 16.8. The molecule has 1 atom stereocenters. The van der Waals surface area contributed by atoms with Gasteiger partial charge in [0.25, 0.3) is 0 Å². The van der Waals surface area contributed by atoms with Crippen LogP contribution in [0.25, 0.3) is 0 Å². The molecule has 0 aliphatic heterocycles. The lowest BCUT2D eigenvalue weighted by molar-refractivity contribution is 0.101. The third-order valence-corrected chi connectivity index (χ3v) is 4.15. The molecular weight excluding hydrogens is 332 g/mol. The van der Waals surface area contributed by atoms with Crippen LogP contribution in [0.5, 0.6) is 0 Å². The van der Waals surface area contributed by atoms with Gasteiger partial charge in [0.05, 0.1) is 11.3 Å². The highest BCUT2D eigenvalue weighted by Gasteiger charge is 2.16. The van der Waals surface area contributed by atoms with E-state index in [9.17, 15) is 13.6 Å². The van der Waals surface area contributed by atoms with Gasteiger partial charge < -0.3 is 4.55 Å². The summed E-state index contributed by atoms with van der Waals surface area (Å²) in [5.41, 5.74) is 2.10. The van der Waals surface area contributed by atoms with E-state index in [2.05, 4.69) is 4.40 Å². The van der Waals surface area contributed by atoms with Crippen molar-refractivity contribution < 1.29 is 13.6 Å². The summed E-state index contributed by atoms with van der Waals surface area (Å²) in [5.74, 6) is -0.0257. The first kappa shape index (κ1) is 17.4. The SMILES string of the molecule is CSC(=NS(=O)[O-])N(c1ccccc1)c1ccc(C(C)=O)cc1. The largest absolute Gasteiger partial charge is 0.754 e. The lowest BCUT2D eigenvalue weighted by atomic mass is 10.1. The Morgan fingerprint density at radius 1 is 1.09 bits per heavy atom. The highest BCUT2D eigenvalue weighted by atomic mass is 32.2. The molecule has 0 heterocycles. The second-order valence-corrected chi connectivity index (χ2v) is 5.96. The maximum absolute atomic E-state index is 11.4. The number of rotatable bonds is 4. The highest BCUT2D eigenvalue weighted by molar-refractivity contribution is 8.14. The lowest BCUT2D eigenvalue weighted by Gasteiger charge is -2.25. The maximum Gasteiger partial charge on any atom is 0.181 e. The number of hydrogen-bond donors (Lipinski definition) is 0. The molecule has 0 fully saturated rings. The second kappa shape index (κ2) is 8.05. The summed E-state index contributed by atoms with van der Waals surface area (Å²) in [5, 5.41) is 0.320. The Morgan fingerprint density at radius 2 is 1.65 bits per heavy atom. The van der Waals surface area contributed by atoms with E-state index in [0.29, 0.717) is 10.7 Å². The van der Waals surface area contributed by atoms with Crippen LogP contribution in [0.15, 0.2) is 59.0 Å². The molecule has 23 heavy (non-hydrogen) atoms. The summed E-state index contributed by atoms with van der Waals surface area (Å²) in [6, 6.07) is 16.3. The average Bonchev–Trinajstić information content (AvgIpc) is 2.55. The molecule has 0 aliphatic carbocycles. The molecule has 1 unspecified atom stereocenters. The van der Waals surface area contributed by atoms with Crippen LogP contribution in [0.1, 0.15) is 17.3 Å². The number of carbonyl (C=O) groups is 1. The van der Waals surface area contributed by atoms with Crippen LogP contribution in [0, 0.1) is 0 Å². The number of anilines is 2. The van der Waals surface area contributed by atoms with Gasteiger partial charge in [-0.2, -0.15) is 4.40 Å². The van der Waals surface area contributed by atoms with Crippen LogP contribution in [0.3, 0.4) is 0 Å². The molecule has 2 aromatic carbocycles. The first-order valence-electron chi connectivity index (χ1n) is 6.71. The topological polar surface area (TPSA) is 72.8 Å². The molecule has 0 bridgehead atoms. The van der Waals surface area contributed by atoms with E-state index in [1.54, 1.807) is 35.4 Å². The van der Waals surface area contributed by atoms with E-state index in [4.69, 9.17) is 0 Å². The van der Waals surface area contributed by atoms with E-state index >= 15 is 0 Å². The zero-order valence-electron chi connectivity index (χ0n) is 12.6. The summed E-state index contributed by atoms with van der Waals surface area (Å²) >= 11 is -1.33. The van der Waals surface area contributed by atoms with E-state index in [-0.39, 0.29) is 5.78 Å². The first-order valence-corrected chi connectivity index (χ1v) is 8.97. The molecule has 5 nitrogen and oxygen atoms in total. The van der Waals surface area contributed by atoms with Gasteiger partial charge in [0.15, 0.2) is 11.0 Å². The molecule has 2 rings (SSSR count). The van der Waals surface area contributed by atoms with Crippen molar-refractivity contribution >= 4 is 45.4 Å². The lowest BCUT2D eigenvalue weighted by Crippen LogP contribution is -2.23. The van der Waals surface area contributed by atoms with Crippen LogP contribution in [-0.2, 0) is 11.3 Å². The number of amidine groups is 1. The summed E-state index contributed by atoms with van der Waals surface area (Å²) in [6.45, 7) is 1.50. The predicted molar refractivity (Wildman–Crippen MR) is 94.9 cm³/mol. The quantitative estimate of drug-likeness (QED) is 0.366. The normalized spacial score (nSPS) is 12.7. The summed E-state index contributed by atoms with van der Waals surface area (Å²) in [4.78, 5) is 13.1. The molecule has 0 amide bonds. The zero-order valence-corrected chi connectivity index (χ0v) is 14.3. The number of nitrogens with zero attached hydrogens (tertiary/aromatic N) is 2. The maximum atomic E-state index is 11.4. The van der Waals surface area contributed by atoms with Crippen molar-refractivity contribution in [1.29, 1.82) is 0 Å². The second-order valence-electron chi connectivity index (χ2n) is 4.57. The number of carbonyl (C=O) groups excluding carboxylic acids is 1. The van der Waals surface area contributed by atoms with Crippen LogP contribution in [0.4, 0.5) is 11.4 Å². The van der Waals surface area contributed by atoms with Crippen molar-refractivity contribution in [3.8, 4) is 0 Å². The summed E-state index contributed by atoms with van der Waals surface area (Å²) in [6.07, 6.45) is 1.76. The number of ketones is 1. The van der Waals surface area contributed by atoms with Gasteiger partial charge in [-0.3, -0.25) is 13.9 Å². The molecule has 2 aromatic rings. The highest BCUT2D eigenvalue weighted by Crippen LogP contribution is 2.29. The first-order chi connectivity index (χ1) is 11.0. The van der Waals surface area contributed by atoms with Gasteiger partial charge in [-0.25, -0.2) is 0 Å². The molecule has 120 valence electrons. The molecule has 0 N–H and O–H groups in total. The molecule has 0 aromatic heterocycles. The van der Waals surface area contributed by atoms with Gasteiger partial charge in [-0.15, -0.1) is 0 Å². The number of benzene rings is 2. The smallest absolute Gasteiger partial charge is 0.181 e. The number of hydrogen-bond acceptors (Lipinski definition) is 4. The Morgan fingerprint density at radius 3 is 2.13 bits per heavy atom. The van der Waals surface area contributed by atoms with E-state index < -0.39 is 11.3 Å². The monoisotopic (exact) mass is 347 g/mol. The van der Waals surface area contributed by atoms with Gasteiger partial charge in [0.2, 0.25) is 0 Å². The number of Topliss-reactive ketones (excluding diaryl/α,β-unsaturated/α-hetero) is 1. The minimum absolute atomic E-state index is 0.0257. The Kier molecular flexibility index (Phi) is 6.09. The fourth-order valence-electron chi connectivity index (χ4n) is 2.03. The van der Waals surface area contributed by atoms with Gasteiger partial charge >= 0.3 is 0 Å². The molecule has 0 saturated heterocycles. The third-order valence-electron chi connectivity index (χ3n) is 3.07. The van der Waals surface area contributed by atoms with Crippen molar-refractivity contribution in [3.63, 3.8) is 0 Å². The van der Waals surface area contributed by atoms with Gasteiger partial charge in [-0.05, 0) is 49.6 Å². The fourth-order valence-corrected chi connectivity index (χ4v) is 3.11. The van der Waals surface area contributed by atoms with Crippen LogP contribution in [-0.4, -0.2) is 26.0 Å². The summed E-state index contributed by atoms with van der Waals surface area (Å²) < 4.78 is 25.7. The van der Waals surface area contributed by atoms with Crippen molar-refractivity contribution in [2.24, 2.45) is 4.40 Å². The van der Waals surface area contributed by atoms with Crippen molar-refractivity contribution in [2.45, 2.75) is 6.92 Å². The minimum atomic E-state index is -2.55. The molecule has 7 heteroatoms. The standard InChI is InChI=1S/C16H16N2O3S2/c1-12(19)13-8-10-15(11-9-13)18(14-6-4-3-5-7-14)16(22-2)17-23(20)21/h3-11H,1-2H3,(H,20,21)/p-1. The molecule has 0 spiro atoms.